The molecule has 2 nitrogen and oxygen atoms in total. The molecule has 1 aliphatic heterocycles. The second-order valence-corrected chi connectivity index (χ2v) is 5.98. The van der Waals surface area contributed by atoms with Crippen LogP contribution < -0.4 is 9.80 Å². The molecule has 0 unspecified atom stereocenters. The molecule has 0 amide bonds. The zero-order valence-electron chi connectivity index (χ0n) is 10.8. The molecule has 0 spiro atoms. The van der Waals surface area contributed by atoms with E-state index >= 15 is 0 Å². The Morgan fingerprint density at radius 3 is 2.58 bits per heavy atom. The summed E-state index contributed by atoms with van der Waals surface area (Å²) in [6, 6.07) is 11.4. The largest absolute Gasteiger partial charge is 0.358 e. The number of quaternary nitrogens is 1. The molecule has 4 heteroatoms. The maximum absolute atomic E-state index is 13.7. The van der Waals surface area contributed by atoms with E-state index in [9.17, 15) is 4.39 Å². The first-order valence-electron chi connectivity index (χ1n) is 6.68. The number of hydrogen-bond acceptors (Lipinski definition) is 2. The van der Waals surface area contributed by atoms with Crippen LogP contribution in [0.3, 0.4) is 0 Å². The van der Waals surface area contributed by atoms with Crippen LogP contribution in [0.15, 0.2) is 41.8 Å². The van der Waals surface area contributed by atoms with E-state index in [0.717, 1.165) is 38.4 Å². The van der Waals surface area contributed by atoms with Gasteiger partial charge in [-0.25, -0.2) is 4.39 Å². The monoisotopic (exact) mass is 277 g/mol. The number of benzene rings is 1. The van der Waals surface area contributed by atoms with Gasteiger partial charge in [-0.1, -0.05) is 18.2 Å². The lowest BCUT2D eigenvalue weighted by Crippen LogP contribution is -3.13. The fourth-order valence-electron chi connectivity index (χ4n) is 2.61. The summed E-state index contributed by atoms with van der Waals surface area (Å²) in [7, 11) is 0. The Morgan fingerprint density at radius 1 is 1.11 bits per heavy atom. The second-order valence-electron chi connectivity index (χ2n) is 4.94. The highest BCUT2D eigenvalue weighted by Gasteiger charge is 2.22. The van der Waals surface area contributed by atoms with E-state index in [0.29, 0.717) is 0 Å². The van der Waals surface area contributed by atoms with Gasteiger partial charge in [-0.15, -0.1) is 11.3 Å². The average molecular weight is 277 g/mol. The van der Waals surface area contributed by atoms with E-state index in [4.69, 9.17) is 0 Å². The van der Waals surface area contributed by atoms with Crippen LogP contribution in [0.5, 0.6) is 0 Å². The van der Waals surface area contributed by atoms with Gasteiger partial charge in [0, 0.05) is 0 Å². The van der Waals surface area contributed by atoms with Crippen molar-refractivity contribution in [2.45, 2.75) is 6.54 Å². The van der Waals surface area contributed by atoms with Gasteiger partial charge < -0.3 is 9.80 Å². The van der Waals surface area contributed by atoms with Gasteiger partial charge in [-0.3, -0.25) is 0 Å². The van der Waals surface area contributed by atoms with Crippen LogP contribution in [0.4, 0.5) is 10.1 Å². The molecule has 1 N–H and O–H groups in total. The van der Waals surface area contributed by atoms with Crippen molar-refractivity contribution in [1.82, 2.24) is 0 Å². The van der Waals surface area contributed by atoms with Gasteiger partial charge in [0.05, 0.1) is 36.7 Å². The van der Waals surface area contributed by atoms with Gasteiger partial charge >= 0.3 is 0 Å². The second kappa shape index (κ2) is 5.72. The Morgan fingerprint density at radius 2 is 1.89 bits per heavy atom. The normalized spacial score (nSPS) is 16.8. The van der Waals surface area contributed by atoms with Gasteiger partial charge in [0.1, 0.15) is 12.4 Å². The fraction of sp³-hybridized carbons (Fsp3) is 0.333. The lowest BCUT2D eigenvalue weighted by Gasteiger charge is -2.33. The first-order chi connectivity index (χ1) is 9.33. The third-order valence-electron chi connectivity index (χ3n) is 3.67. The van der Waals surface area contributed by atoms with E-state index in [1.54, 1.807) is 17.0 Å². The van der Waals surface area contributed by atoms with Crippen LogP contribution in [0.2, 0.25) is 0 Å². The molecule has 2 aromatic rings. The third-order valence-corrected chi connectivity index (χ3v) is 4.54. The summed E-state index contributed by atoms with van der Waals surface area (Å²) in [6.07, 6.45) is 0. The van der Waals surface area contributed by atoms with Crippen LogP contribution in [0.1, 0.15) is 4.88 Å². The minimum Gasteiger partial charge on any atom is -0.358 e. The SMILES string of the molecule is Fc1ccccc1N1CC[NH+](Cc2cccs2)CC1. The quantitative estimate of drug-likeness (QED) is 0.899. The Labute approximate surface area is 117 Å². The molecular weight excluding hydrogens is 259 g/mol. The van der Waals surface area contributed by atoms with E-state index in [2.05, 4.69) is 22.4 Å². The van der Waals surface area contributed by atoms with Crippen molar-refractivity contribution >= 4 is 17.0 Å². The lowest BCUT2D eigenvalue weighted by atomic mass is 10.2. The minimum atomic E-state index is -0.107. The number of anilines is 1. The number of para-hydroxylation sites is 1. The smallest absolute Gasteiger partial charge is 0.146 e. The van der Waals surface area contributed by atoms with Crippen molar-refractivity contribution in [3.05, 3.63) is 52.5 Å². The minimum absolute atomic E-state index is 0.107. The van der Waals surface area contributed by atoms with E-state index in [1.807, 2.05) is 23.5 Å². The highest BCUT2D eigenvalue weighted by molar-refractivity contribution is 7.09. The van der Waals surface area contributed by atoms with Crippen molar-refractivity contribution in [2.24, 2.45) is 0 Å². The van der Waals surface area contributed by atoms with Gasteiger partial charge in [0.25, 0.3) is 0 Å². The van der Waals surface area contributed by atoms with Crippen LogP contribution in [0, 0.1) is 5.82 Å². The van der Waals surface area contributed by atoms with Gasteiger partial charge in [0.2, 0.25) is 0 Å². The molecule has 0 saturated carbocycles. The molecular formula is C15H18FN2S+. The van der Waals surface area contributed by atoms with E-state index < -0.39 is 0 Å². The van der Waals surface area contributed by atoms with Crippen LogP contribution in [-0.2, 0) is 6.54 Å². The summed E-state index contributed by atoms with van der Waals surface area (Å²) in [5.41, 5.74) is 0.748. The summed E-state index contributed by atoms with van der Waals surface area (Å²) < 4.78 is 13.7. The van der Waals surface area contributed by atoms with Crippen molar-refractivity contribution in [3.63, 3.8) is 0 Å². The number of hydrogen-bond donors (Lipinski definition) is 1. The Balaban J connectivity index is 1.59. The molecule has 19 heavy (non-hydrogen) atoms. The lowest BCUT2D eigenvalue weighted by molar-refractivity contribution is -0.914. The molecule has 1 aromatic heterocycles. The molecule has 2 heterocycles. The number of thiophene rings is 1. The zero-order chi connectivity index (χ0) is 13.1. The predicted octanol–water partition coefficient (Wildman–Crippen LogP) is 1.79. The number of piperazine rings is 1. The Bertz CT molecular complexity index is 519. The highest BCUT2D eigenvalue weighted by atomic mass is 32.1. The molecule has 1 aliphatic rings. The highest BCUT2D eigenvalue weighted by Crippen LogP contribution is 2.18. The molecule has 1 fully saturated rings. The summed E-state index contributed by atoms with van der Waals surface area (Å²) >= 11 is 1.82. The summed E-state index contributed by atoms with van der Waals surface area (Å²) in [4.78, 5) is 5.19. The Hall–Kier alpha value is -1.39. The molecule has 0 atom stereocenters. The maximum atomic E-state index is 13.7. The summed E-state index contributed by atoms with van der Waals surface area (Å²) in [5, 5.41) is 2.13. The Kier molecular flexibility index (Phi) is 3.80. The topological polar surface area (TPSA) is 7.68 Å². The van der Waals surface area contributed by atoms with Crippen molar-refractivity contribution in [3.8, 4) is 0 Å². The number of halogens is 1. The fourth-order valence-corrected chi connectivity index (χ4v) is 3.38. The molecule has 0 bridgehead atoms. The van der Waals surface area contributed by atoms with Crippen LogP contribution in [-0.4, -0.2) is 26.2 Å². The van der Waals surface area contributed by atoms with Crippen molar-refractivity contribution in [2.75, 3.05) is 31.1 Å². The molecule has 0 aliphatic carbocycles. The first kappa shape index (κ1) is 12.6. The third kappa shape index (κ3) is 2.96. The summed E-state index contributed by atoms with van der Waals surface area (Å²) in [5.74, 6) is -0.107. The van der Waals surface area contributed by atoms with Crippen molar-refractivity contribution in [1.29, 1.82) is 0 Å². The average Bonchev–Trinajstić information content (AvgIpc) is 2.93. The first-order valence-corrected chi connectivity index (χ1v) is 7.56. The van der Waals surface area contributed by atoms with E-state index in [1.165, 1.54) is 4.88 Å². The molecule has 100 valence electrons. The number of nitrogens with one attached hydrogen (secondary N) is 1. The molecule has 1 saturated heterocycles. The van der Waals surface area contributed by atoms with Gasteiger partial charge in [0.15, 0.2) is 0 Å². The molecule has 0 radical (unpaired) electrons. The van der Waals surface area contributed by atoms with Gasteiger partial charge in [-0.2, -0.15) is 0 Å². The van der Waals surface area contributed by atoms with Crippen LogP contribution >= 0.6 is 11.3 Å². The standard InChI is InChI=1S/C15H17FN2S/c16-14-5-1-2-6-15(14)18-9-7-17(8-10-18)12-13-4-3-11-19-13/h1-6,11H,7-10,12H2/p+1. The maximum Gasteiger partial charge on any atom is 0.146 e. The molecule has 3 rings (SSSR count). The molecule has 1 aromatic carbocycles. The zero-order valence-corrected chi connectivity index (χ0v) is 11.6. The predicted molar refractivity (Wildman–Crippen MR) is 77.3 cm³/mol. The van der Waals surface area contributed by atoms with Gasteiger partial charge in [-0.05, 0) is 23.6 Å². The number of nitrogens with zero attached hydrogens (tertiary/aromatic N) is 1. The number of rotatable bonds is 3. The van der Waals surface area contributed by atoms with Crippen LogP contribution in [0.25, 0.3) is 0 Å². The summed E-state index contributed by atoms with van der Waals surface area (Å²) in [6.45, 7) is 5.12. The van der Waals surface area contributed by atoms with Crippen molar-refractivity contribution < 1.29 is 9.29 Å². The van der Waals surface area contributed by atoms with E-state index in [-0.39, 0.29) is 5.82 Å².